The average molecular weight is 317 g/mol. The second-order valence-corrected chi connectivity index (χ2v) is 5.99. The van der Waals surface area contributed by atoms with Gasteiger partial charge >= 0.3 is 6.03 Å². The standard InChI is InChI=1S/C17H23N3O3/c1-3-10-17(2)15(22)20(16(23)19-17)12-14(21)18-11-9-13-7-5-4-6-8-13/h4-8H,3,9-12H2,1-2H3,(H,18,21)(H,19,23)/t17-/m0/s1. The molecule has 0 aliphatic carbocycles. The van der Waals surface area contributed by atoms with Crippen LogP contribution in [-0.4, -0.2) is 41.4 Å². The molecule has 1 aliphatic rings. The third kappa shape index (κ3) is 4.09. The Morgan fingerprint density at radius 2 is 1.96 bits per heavy atom. The zero-order valence-electron chi connectivity index (χ0n) is 13.6. The minimum absolute atomic E-state index is 0.237. The highest BCUT2D eigenvalue weighted by molar-refractivity contribution is 6.08. The number of imide groups is 1. The number of benzene rings is 1. The van der Waals surface area contributed by atoms with Gasteiger partial charge in [0.2, 0.25) is 5.91 Å². The number of urea groups is 1. The SMILES string of the molecule is CCC[C@]1(C)NC(=O)N(CC(=O)NCCc2ccccc2)C1=O. The molecule has 6 nitrogen and oxygen atoms in total. The molecule has 1 aromatic carbocycles. The molecule has 124 valence electrons. The van der Waals surface area contributed by atoms with Gasteiger partial charge in [0.15, 0.2) is 0 Å². The summed E-state index contributed by atoms with van der Waals surface area (Å²) in [5.74, 6) is -0.660. The maximum absolute atomic E-state index is 12.3. The summed E-state index contributed by atoms with van der Waals surface area (Å²) in [5, 5.41) is 5.42. The zero-order valence-corrected chi connectivity index (χ0v) is 13.6. The third-order valence-corrected chi connectivity index (χ3v) is 3.98. The number of nitrogens with one attached hydrogen (secondary N) is 2. The molecular weight excluding hydrogens is 294 g/mol. The summed E-state index contributed by atoms with van der Waals surface area (Å²) in [6.07, 6.45) is 2.05. The number of amides is 4. The van der Waals surface area contributed by atoms with E-state index in [2.05, 4.69) is 10.6 Å². The Morgan fingerprint density at radius 3 is 2.61 bits per heavy atom. The molecule has 1 atom stereocenters. The van der Waals surface area contributed by atoms with Gasteiger partial charge in [-0.25, -0.2) is 4.79 Å². The van der Waals surface area contributed by atoms with Crippen LogP contribution in [0.4, 0.5) is 4.79 Å². The van der Waals surface area contributed by atoms with Crippen molar-refractivity contribution in [2.24, 2.45) is 0 Å². The van der Waals surface area contributed by atoms with Gasteiger partial charge in [0.25, 0.3) is 5.91 Å². The summed E-state index contributed by atoms with van der Waals surface area (Å²) in [6.45, 7) is 3.88. The van der Waals surface area contributed by atoms with E-state index in [0.29, 0.717) is 19.4 Å². The molecule has 0 bridgehead atoms. The van der Waals surface area contributed by atoms with Crippen molar-refractivity contribution in [3.8, 4) is 0 Å². The molecule has 1 heterocycles. The molecule has 2 rings (SSSR count). The molecular formula is C17H23N3O3. The Kier molecular flexibility index (Phi) is 5.36. The van der Waals surface area contributed by atoms with Crippen LogP contribution in [0, 0.1) is 0 Å². The first-order valence-corrected chi connectivity index (χ1v) is 7.91. The predicted molar refractivity (Wildman–Crippen MR) is 86.7 cm³/mol. The Morgan fingerprint density at radius 1 is 1.26 bits per heavy atom. The molecule has 6 heteroatoms. The normalized spacial score (nSPS) is 20.5. The minimum atomic E-state index is -0.893. The first kappa shape index (κ1) is 17.0. The van der Waals surface area contributed by atoms with Gasteiger partial charge < -0.3 is 10.6 Å². The summed E-state index contributed by atoms with van der Waals surface area (Å²) >= 11 is 0. The Bertz CT molecular complexity index is 588. The number of nitrogens with zero attached hydrogens (tertiary/aromatic N) is 1. The van der Waals surface area contributed by atoms with Gasteiger partial charge in [-0.3, -0.25) is 14.5 Å². The molecule has 0 saturated carbocycles. The molecule has 23 heavy (non-hydrogen) atoms. The van der Waals surface area contributed by atoms with Crippen LogP contribution in [0.2, 0.25) is 0 Å². The largest absolute Gasteiger partial charge is 0.354 e. The van der Waals surface area contributed by atoms with Crippen molar-refractivity contribution in [2.75, 3.05) is 13.1 Å². The summed E-state index contributed by atoms with van der Waals surface area (Å²) in [4.78, 5) is 37.2. The summed E-state index contributed by atoms with van der Waals surface area (Å²) < 4.78 is 0. The number of carbonyl (C=O) groups excluding carboxylic acids is 3. The first-order chi connectivity index (χ1) is 11.0. The molecule has 0 spiro atoms. The second kappa shape index (κ2) is 7.26. The average Bonchev–Trinajstić information content (AvgIpc) is 2.72. The van der Waals surface area contributed by atoms with Crippen molar-refractivity contribution in [1.82, 2.24) is 15.5 Å². The summed E-state index contributed by atoms with van der Waals surface area (Å²) in [6, 6.07) is 9.30. The van der Waals surface area contributed by atoms with E-state index in [0.717, 1.165) is 16.9 Å². The third-order valence-electron chi connectivity index (χ3n) is 3.98. The van der Waals surface area contributed by atoms with E-state index >= 15 is 0 Å². The molecule has 0 radical (unpaired) electrons. The Balaban J connectivity index is 1.83. The summed E-state index contributed by atoms with van der Waals surface area (Å²) in [7, 11) is 0. The topological polar surface area (TPSA) is 78.5 Å². The molecule has 1 saturated heterocycles. The van der Waals surface area contributed by atoms with Crippen molar-refractivity contribution < 1.29 is 14.4 Å². The van der Waals surface area contributed by atoms with Crippen molar-refractivity contribution in [2.45, 2.75) is 38.6 Å². The van der Waals surface area contributed by atoms with Gasteiger partial charge in [-0.1, -0.05) is 43.7 Å². The fourth-order valence-corrected chi connectivity index (χ4v) is 2.75. The van der Waals surface area contributed by atoms with Crippen LogP contribution in [0.5, 0.6) is 0 Å². The van der Waals surface area contributed by atoms with Crippen LogP contribution in [0.3, 0.4) is 0 Å². The van der Waals surface area contributed by atoms with E-state index in [1.807, 2.05) is 37.3 Å². The van der Waals surface area contributed by atoms with Crippen molar-refractivity contribution >= 4 is 17.8 Å². The van der Waals surface area contributed by atoms with Crippen LogP contribution in [0.25, 0.3) is 0 Å². The Hall–Kier alpha value is -2.37. The predicted octanol–water partition coefficient (Wildman–Crippen LogP) is 1.46. The van der Waals surface area contributed by atoms with Crippen LogP contribution < -0.4 is 10.6 Å². The van der Waals surface area contributed by atoms with E-state index in [4.69, 9.17) is 0 Å². The highest BCUT2D eigenvalue weighted by Crippen LogP contribution is 2.22. The lowest BCUT2D eigenvalue weighted by atomic mass is 9.96. The molecule has 1 aliphatic heterocycles. The Labute approximate surface area is 136 Å². The van der Waals surface area contributed by atoms with Crippen LogP contribution in [-0.2, 0) is 16.0 Å². The smallest absolute Gasteiger partial charge is 0.325 e. The molecule has 1 fully saturated rings. The maximum Gasteiger partial charge on any atom is 0.325 e. The fourth-order valence-electron chi connectivity index (χ4n) is 2.75. The lowest BCUT2D eigenvalue weighted by Crippen LogP contribution is -2.45. The van der Waals surface area contributed by atoms with E-state index in [-0.39, 0.29) is 18.4 Å². The molecule has 4 amide bonds. The number of hydrogen-bond donors (Lipinski definition) is 2. The lowest BCUT2D eigenvalue weighted by Gasteiger charge is -2.20. The molecule has 0 unspecified atom stereocenters. The van der Waals surface area contributed by atoms with Gasteiger partial charge in [0.05, 0.1) is 0 Å². The number of carbonyl (C=O) groups is 3. The lowest BCUT2D eigenvalue weighted by molar-refractivity contribution is -0.134. The van der Waals surface area contributed by atoms with Crippen molar-refractivity contribution in [3.05, 3.63) is 35.9 Å². The quantitative estimate of drug-likeness (QED) is 0.747. The van der Waals surface area contributed by atoms with Gasteiger partial charge in [0.1, 0.15) is 12.1 Å². The van der Waals surface area contributed by atoms with Crippen molar-refractivity contribution in [1.29, 1.82) is 0 Å². The molecule has 1 aromatic rings. The van der Waals surface area contributed by atoms with Gasteiger partial charge in [-0.15, -0.1) is 0 Å². The summed E-state index contributed by atoms with van der Waals surface area (Å²) in [5.41, 5.74) is 0.231. The maximum atomic E-state index is 12.3. The fraction of sp³-hybridized carbons (Fsp3) is 0.471. The first-order valence-electron chi connectivity index (χ1n) is 7.91. The van der Waals surface area contributed by atoms with Gasteiger partial charge in [0, 0.05) is 6.54 Å². The van der Waals surface area contributed by atoms with E-state index < -0.39 is 11.6 Å². The highest BCUT2D eigenvalue weighted by Gasteiger charge is 2.47. The van der Waals surface area contributed by atoms with Gasteiger partial charge in [-0.2, -0.15) is 0 Å². The van der Waals surface area contributed by atoms with Crippen molar-refractivity contribution in [3.63, 3.8) is 0 Å². The second-order valence-electron chi connectivity index (χ2n) is 5.99. The number of hydrogen-bond acceptors (Lipinski definition) is 3. The van der Waals surface area contributed by atoms with E-state index in [9.17, 15) is 14.4 Å². The zero-order chi connectivity index (χ0) is 16.9. The van der Waals surface area contributed by atoms with E-state index in [1.165, 1.54) is 0 Å². The number of rotatable bonds is 7. The monoisotopic (exact) mass is 317 g/mol. The van der Waals surface area contributed by atoms with Gasteiger partial charge in [-0.05, 0) is 25.3 Å². The highest BCUT2D eigenvalue weighted by atomic mass is 16.2. The minimum Gasteiger partial charge on any atom is -0.354 e. The van der Waals surface area contributed by atoms with E-state index in [1.54, 1.807) is 6.92 Å². The van der Waals surface area contributed by atoms with Crippen LogP contribution in [0.15, 0.2) is 30.3 Å². The van der Waals surface area contributed by atoms with Crippen LogP contribution in [0.1, 0.15) is 32.3 Å². The molecule has 0 aromatic heterocycles. The van der Waals surface area contributed by atoms with Crippen LogP contribution >= 0.6 is 0 Å². The molecule has 2 N–H and O–H groups in total.